The van der Waals surface area contributed by atoms with Gasteiger partial charge < -0.3 is 16.4 Å². The molecule has 0 saturated carbocycles. The van der Waals surface area contributed by atoms with E-state index in [-0.39, 0.29) is 17.9 Å². The molecule has 10 rings (SSSR count). The Morgan fingerprint density at radius 2 is 1.22 bits per heavy atom. The molecule has 3 nitrogen and oxygen atoms in total. The molecular formula is C56H44FN3. The highest BCUT2D eigenvalue weighted by molar-refractivity contribution is 6.22. The molecule has 4 heteroatoms. The molecule has 0 aromatic heterocycles. The first kappa shape index (κ1) is 37.0. The minimum absolute atomic E-state index is 0.0971. The Bertz CT molecular complexity index is 3190. The summed E-state index contributed by atoms with van der Waals surface area (Å²) < 4.78 is 14.2. The van der Waals surface area contributed by atoms with Gasteiger partial charge in [-0.25, -0.2) is 4.39 Å². The second-order valence-corrected chi connectivity index (χ2v) is 15.7. The van der Waals surface area contributed by atoms with E-state index in [1.165, 1.54) is 77.0 Å². The molecule has 9 aromatic rings. The molecule has 1 aliphatic heterocycles. The number of rotatable bonds is 8. The Balaban J connectivity index is 1.03. The van der Waals surface area contributed by atoms with Crippen LogP contribution in [-0.4, -0.2) is 6.04 Å². The van der Waals surface area contributed by atoms with Crippen LogP contribution in [-0.2, 0) is 6.42 Å². The second kappa shape index (κ2) is 15.5. The van der Waals surface area contributed by atoms with E-state index in [0.29, 0.717) is 0 Å². The molecular weight excluding hydrogens is 734 g/mol. The van der Waals surface area contributed by atoms with Gasteiger partial charge in [-0.1, -0.05) is 146 Å². The number of nitrogens with two attached hydrogens (primary N) is 2. The number of halogens is 1. The van der Waals surface area contributed by atoms with Crippen molar-refractivity contribution in [2.75, 3.05) is 4.90 Å². The number of allylic oxidation sites excluding steroid dienone is 4. The Morgan fingerprint density at radius 3 is 1.85 bits per heavy atom. The maximum atomic E-state index is 14.2. The Hall–Kier alpha value is -7.27. The molecule has 0 radical (unpaired) electrons. The predicted molar refractivity (Wildman–Crippen MR) is 253 cm³/mol. The van der Waals surface area contributed by atoms with Crippen LogP contribution >= 0.6 is 0 Å². The third-order valence-corrected chi connectivity index (χ3v) is 12.1. The van der Waals surface area contributed by atoms with Crippen molar-refractivity contribution >= 4 is 60.0 Å². The second-order valence-electron chi connectivity index (χ2n) is 15.7. The first-order valence-corrected chi connectivity index (χ1v) is 20.6. The molecule has 1 heterocycles. The lowest BCUT2D eigenvalue weighted by Crippen LogP contribution is -2.32. The van der Waals surface area contributed by atoms with Crippen molar-refractivity contribution in [2.45, 2.75) is 25.4 Å². The van der Waals surface area contributed by atoms with E-state index in [4.69, 9.17) is 11.5 Å². The topological polar surface area (TPSA) is 55.3 Å². The summed E-state index contributed by atoms with van der Waals surface area (Å²) in [7, 11) is 0. The maximum absolute atomic E-state index is 14.2. The minimum Gasteiger partial charge on any atom is -0.404 e. The van der Waals surface area contributed by atoms with E-state index < -0.39 is 0 Å². The van der Waals surface area contributed by atoms with Crippen molar-refractivity contribution in [3.63, 3.8) is 0 Å². The van der Waals surface area contributed by atoms with Gasteiger partial charge >= 0.3 is 0 Å². The van der Waals surface area contributed by atoms with Crippen LogP contribution in [0.5, 0.6) is 0 Å². The highest BCUT2D eigenvalue weighted by atomic mass is 19.1. The fourth-order valence-corrected chi connectivity index (χ4v) is 9.26. The number of fused-ring (bicyclic) bond motifs is 5. The molecule has 4 N–H and O–H groups in total. The van der Waals surface area contributed by atoms with Crippen LogP contribution in [0.25, 0.3) is 70.9 Å². The summed E-state index contributed by atoms with van der Waals surface area (Å²) in [4.78, 5) is 2.20. The quantitative estimate of drug-likeness (QED) is 0.0918. The monoisotopic (exact) mass is 777 g/mol. The molecule has 0 bridgehead atoms. The van der Waals surface area contributed by atoms with Crippen LogP contribution < -0.4 is 16.4 Å². The molecule has 290 valence electrons. The molecule has 0 fully saturated rings. The largest absolute Gasteiger partial charge is 0.404 e. The fraction of sp³-hybridized carbons (Fsp3) is 0.0714. The lowest BCUT2D eigenvalue weighted by Gasteiger charge is -2.27. The third kappa shape index (κ3) is 6.52. The Morgan fingerprint density at radius 1 is 0.617 bits per heavy atom. The van der Waals surface area contributed by atoms with Crippen LogP contribution in [0.2, 0.25) is 0 Å². The average Bonchev–Trinajstić information content (AvgIpc) is 3.56. The summed E-state index contributed by atoms with van der Waals surface area (Å²) in [5.74, 6) is -0.272. The number of benzene rings is 9. The van der Waals surface area contributed by atoms with Crippen LogP contribution in [0, 0.1) is 5.82 Å². The number of hydrogen-bond donors (Lipinski definition) is 2. The van der Waals surface area contributed by atoms with Crippen molar-refractivity contribution in [3.05, 3.63) is 223 Å². The van der Waals surface area contributed by atoms with E-state index in [0.717, 1.165) is 34.5 Å². The molecule has 0 amide bonds. The van der Waals surface area contributed by atoms with Gasteiger partial charge in [0.05, 0.1) is 12.1 Å². The van der Waals surface area contributed by atoms with Gasteiger partial charge in [-0.2, -0.15) is 0 Å². The van der Waals surface area contributed by atoms with E-state index in [2.05, 4.69) is 175 Å². The van der Waals surface area contributed by atoms with Gasteiger partial charge in [0.25, 0.3) is 0 Å². The summed E-state index contributed by atoms with van der Waals surface area (Å²) in [6.45, 7) is 1.99. The zero-order chi connectivity index (χ0) is 40.7. The lowest BCUT2D eigenvalue weighted by molar-refractivity contribution is 0.619. The predicted octanol–water partition coefficient (Wildman–Crippen LogP) is 14.0. The van der Waals surface area contributed by atoms with Gasteiger partial charge in [0.1, 0.15) is 5.82 Å². The normalized spacial score (nSPS) is 15.7. The first-order valence-electron chi connectivity index (χ1n) is 20.6. The van der Waals surface area contributed by atoms with Gasteiger partial charge in [0.2, 0.25) is 0 Å². The summed E-state index contributed by atoms with van der Waals surface area (Å²) in [5, 5.41) is 9.67. The van der Waals surface area contributed by atoms with Crippen molar-refractivity contribution in [1.82, 2.24) is 0 Å². The van der Waals surface area contributed by atoms with Crippen molar-refractivity contribution < 1.29 is 4.39 Å². The minimum atomic E-state index is -0.321. The standard InChI is InChI=1S/C56H44FN3/c1-2-10-53-56(59)51-34-45(57)26-30-52(51)60(53)46-27-19-36(20-28-46)11-9-16-44(35-58)41-25-29-49-50(33-41)55(43-24-22-38-13-4-6-15-40(38)32-43)48-18-8-7-17-47(48)54(49)42-23-21-37-12-3-5-14-39(37)31-42/h2-10,12-35,53,56H,11,58-59H2,1H3/b10-2-,16-9-,44-35+. The van der Waals surface area contributed by atoms with E-state index in [1.54, 1.807) is 12.3 Å². The SMILES string of the molecule is C/C=C\C1C(N)c2cc(F)ccc2N1c1ccc(C/C=C\C(=C/N)c2ccc3c(-c4ccc5ccccc5c4)c4ccccc4c(-c4ccc5ccccc5c4)c3c2)cc1. The summed E-state index contributed by atoms with van der Waals surface area (Å²) in [6, 6.07) is 59.4. The Kier molecular flexibility index (Phi) is 9.55. The molecule has 0 aliphatic carbocycles. The van der Waals surface area contributed by atoms with Gasteiger partial charge in [0, 0.05) is 17.6 Å². The zero-order valence-electron chi connectivity index (χ0n) is 33.4. The Labute approximate surface area is 350 Å². The average molecular weight is 778 g/mol. The fourth-order valence-electron chi connectivity index (χ4n) is 9.26. The van der Waals surface area contributed by atoms with Crippen molar-refractivity contribution in [1.29, 1.82) is 0 Å². The molecule has 0 spiro atoms. The third-order valence-electron chi connectivity index (χ3n) is 12.1. The zero-order valence-corrected chi connectivity index (χ0v) is 33.4. The molecule has 2 unspecified atom stereocenters. The van der Waals surface area contributed by atoms with Gasteiger partial charge in [0.15, 0.2) is 0 Å². The van der Waals surface area contributed by atoms with Crippen LogP contribution in [0.3, 0.4) is 0 Å². The van der Waals surface area contributed by atoms with Gasteiger partial charge in [-0.05, 0) is 149 Å². The summed E-state index contributed by atoms with van der Waals surface area (Å²) >= 11 is 0. The lowest BCUT2D eigenvalue weighted by atomic mass is 9.84. The highest BCUT2D eigenvalue weighted by Gasteiger charge is 2.35. The number of anilines is 2. The van der Waals surface area contributed by atoms with E-state index in [9.17, 15) is 4.39 Å². The van der Waals surface area contributed by atoms with Crippen LogP contribution in [0.4, 0.5) is 15.8 Å². The van der Waals surface area contributed by atoms with Crippen LogP contribution in [0.1, 0.15) is 29.7 Å². The van der Waals surface area contributed by atoms with E-state index >= 15 is 0 Å². The number of hydrogen-bond acceptors (Lipinski definition) is 3. The summed E-state index contributed by atoms with van der Waals surface area (Å²) in [6.07, 6.45) is 10.8. The molecule has 0 saturated heterocycles. The summed E-state index contributed by atoms with van der Waals surface area (Å²) in [5.41, 5.74) is 23.8. The van der Waals surface area contributed by atoms with Gasteiger partial charge in [-0.3, -0.25) is 0 Å². The highest BCUT2D eigenvalue weighted by Crippen LogP contribution is 2.46. The van der Waals surface area contributed by atoms with Crippen molar-refractivity contribution in [2.24, 2.45) is 11.5 Å². The number of nitrogens with zero attached hydrogens (tertiary/aromatic N) is 1. The smallest absolute Gasteiger partial charge is 0.123 e. The molecule has 1 aliphatic rings. The first-order chi connectivity index (χ1) is 29.5. The van der Waals surface area contributed by atoms with Crippen LogP contribution in [0.15, 0.2) is 200 Å². The maximum Gasteiger partial charge on any atom is 0.123 e. The molecule has 60 heavy (non-hydrogen) atoms. The van der Waals surface area contributed by atoms with Gasteiger partial charge in [-0.15, -0.1) is 0 Å². The van der Waals surface area contributed by atoms with Crippen molar-refractivity contribution in [3.8, 4) is 22.3 Å². The molecule has 9 aromatic carbocycles. The van der Waals surface area contributed by atoms with E-state index in [1.807, 2.05) is 19.1 Å². The molecule has 2 atom stereocenters.